The van der Waals surface area contributed by atoms with Crippen molar-refractivity contribution in [2.75, 3.05) is 13.2 Å². The Morgan fingerprint density at radius 1 is 1.38 bits per heavy atom. The maximum absolute atomic E-state index is 12.4. The number of carbonyl (C=O) groups excluding carboxylic acids is 1. The zero-order valence-corrected chi connectivity index (χ0v) is 13.8. The molecule has 1 aliphatic heterocycles. The van der Waals surface area contributed by atoms with Crippen LogP contribution in [0, 0.1) is 0 Å². The first-order valence-electron chi connectivity index (χ1n) is 8.20. The van der Waals surface area contributed by atoms with Crippen LogP contribution in [0.15, 0.2) is 42.9 Å². The fourth-order valence-corrected chi connectivity index (χ4v) is 3.43. The summed E-state index contributed by atoms with van der Waals surface area (Å²) in [5, 5.41) is 0. The number of nitrogens with two attached hydrogens (primary N) is 1. The van der Waals surface area contributed by atoms with Crippen LogP contribution in [-0.4, -0.2) is 33.9 Å². The minimum atomic E-state index is -0.909. The van der Waals surface area contributed by atoms with Crippen molar-refractivity contribution in [1.29, 1.82) is 0 Å². The average molecular weight is 326 g/mol. The van der Waals surface area contributed by atoms with Crippen LogP contribution < -0.4 is 10.5 Å². The summed E-state index contributed by atoms with van der Waals surface area (Å²) in [4.78, 5) is 23.0. The predicted molar refractivity (Wildman–Crippen MR) is 90.2 cm³/mol. The molecular weight excluding hydrogens is 304 g/mol. The summed E-state index contributed by atoms with van der Waals surface area (Å²) in [6.45, 7) is 3.91. The number of nitrogens with zero attached hydrogens (tertiary/aromatic N) is 3. The molecule has 2 heterocycles. The molecule has 1 amide bonds. The standard InChI is InChI=1S/C18H22N4O2/c1-2-24-15-7-4-3-6-14(15)13-22-11-5-8-18(22,17(19)23)16-12-20-9-10-21-16/h3-4,6-7,9-10,12H,2,5,8,11,13H2,1H3,(H2,19,23)/t18-/m1/s1. The molecule has 0 spiro atoms. The third kappa shape index (κ3) is 2.85. The van der Waals surface area contributed by atoms with Gasteiger partial charge in [0.15, 0.2) is 0 Å². The van der Waals surface area contributed by atoms with Crippen molar-refractivity contribution < 1.29 is 9.53 Å². The largest absolute Gasteiger partial charge is 0.494 e. The molecule has 1 atom stereocenters. The number of amides is 1. The molecule has 1 fully saturated rings. The van der Waals surface area contributed by atoms with Crippen LogP contribution in [0.2, 0.25) is 0 Å². The Bertz CT molecular complexity index is 707. The van der Waals surface area contributed by atoms with Crippen LogP contribution in [-0.2, 0) is 16.9 Å². The summed E-state index contributed by atoms with van der Waals surface area (Å²) in [5.41, 5.74) is 6.57. The van der Waals surface area contributed by atoms with E-state index in [4.69, 9.17) is 10.5 Å². The van der Waals surface area contributed by atoms with E-state index in [-0.39, 0.29) is 5.91 Å². The number of likely N-dealkylation sites (tertiary alicyclic amines) is 1. The minimum Gasteiger partial charge on any atom is -0.494 e. The summed E-state index contributed by atoms with van der Waals surface area (Å²) in [7, 11) is 0. The molecule has 0 bridgehead atoms. The Hall–Kier alpha value is -2.47. The van der Waals surface area contributed by atoms with Crippen LogP contribution in [0.3, 0.4) is 0 Å². The van der Waals surface area contributed by atoms with Gasteiger partial charge in [0.05, 0.1) is 18.5 Å². The molecule has 1 aromatic heterocycles. The molecule has 0 saturated carbocycles. The second-order valence-electron chi connectivity index (χ2n) is 5.88. The lowest BCUT2D eigenvalue weighted by atomic mass is 9.90. The van der Waals surface area contributed by atoms with E-state index in [0.717, 1.165) is 24.3 Å². The van der Waals surface area contributed by atoms with Gasteiger partial charge in [-0.3, -0.25) is 19.7 Å². The topological polar surface area (TPSA) is 81.3 Å². The van der Waals surface area contributed by atoms with Gasteiger partial charge in [-0.1, -0.05) is 18.2 Å². The molecule has 0 unspecified atom stereocenters. The molecule has 1 saturated heterocycles. The van der Waals surface area contributed by atoms with Crippen LogP contribution in [0.1, 0.15) is 31.0 Å². The van der Waals surface area contributed by atoms with Crippen LogP contribution in [0.5, 0.6) is 5.75 Å². The molecule has 6 heteroatoms. The van der Waals surface area contributed by atoms with Crippen LogP contribution in [0.4, 0.5) is 0 Å². The monoisotopic (exact) mass is 326 g/mol. The Kier molecular flexibility index (Phi) is 4.76. The first-order valence-corrected chi connectivity index (χ1v) is 8.20. The van der Waals surface area contributed by atoms with Crippen molar-refractivity contribution in [2.45, 2.75) is 31.8 Å². The number of rotatable bonds is 6. The van der Waals surface area contributed by atoms with E-state index >= 15 is 0 Å². The maximum atomic E-state index is 12.4. The summed E-state index contributed by atoms with van der Waals surface area (Å²) >= 11 is 0. The van der Waals surface area contributed by atoms with E-state index in [1.165, 1.54) is 0 Å². The van der Waals surface area contributed by atoms with E-state index in [1.54, 1.807) is 18.6 Å². The lowest BCUT2D eigenvalue weighted by Gasteiger charge is -2.35. The number of hydrogen-bond donors (Lipinski definition) is 1. The highest BCUT2D eigenvalue weighted by atomic mass is 16.5. The number of primary amides is 1. The summed E-state index contributed by atoms with van der Waals surface area (Å²) in [5.74, 6) is 0.457. The molecule has 1 aromatic carbocycles. The third-order valence-corrected chi connectivity index (χ3v) is 4.53. The number of aromatic nitrogens is 2. The first kappa shape index (κ1) is 16.4. The molecule has 0 aliphatic carbocycles. The van der Waals surface area contributed by atoms with Gasteiger partial charge in [-0.25, -0.2) is 0 Å². The van der Waals surface area contributed by atoms with E-state index in [9.17, 15) is 4.79 Å². The smallest absolute Gasteiger partial charge is 0.244 e. The van der Waals surface area contributed by atoms with Crippen LogP contribution in [0.25, 0.3) is 0 Å². The second kappa shape index (κ2) is 6.97. The Morgan fingerprint density at radius 3 is 2.92 bits per heavy atom. The fraction of sp³-hybridized carbons (Fsp3) is 0.389. The molecule has 2 N–H and O–H groups in total. The highest BCUT2D eigenvalue weighted by Crippen LogP contribution is 2.39. The Morgan fingerprint density at radius 2 is 2.21 bits per heavy atom. The van der Waals surface area contributed by atoms with Gasteiger partial charge in [0, 0.05) is 24.5 Å². The highest BCUT2D eigenvalue weighted by Gasteiger charge is 2.49. The number of hydrogen-bond acceptors (Lipinski definition) is 5. The van der Waals surface area contributed by atoms with Crippen molar-refractivity contribution in [3.8, 4) is 5.75 Å². The average Bonchev–Trinajstić information content (AvgIpc) is 3.02. The van der Waals surface area contributed by atoms with Crippen molar-refractivity contribution in [3.05, 3.63) is 54.1 Å². The van der Waals surface area contributed by atoms with Crippen molar-refractivity contribution >= 4 is 5.91 Å². The summed E-state index contributed by atoms with van der Waals surface area (Å²) in [6, 6.07) is 7.89. The molecule has 0 radical (unpaired) electrons. The quantitative estimate of drug-likeness (QED) is 0.876. The Balaban J connectivity index is 1.96. The molecule has 3 rings (SSSR count). The SMILES string of the molecule is CCOc1ccccc1CN1CCC[C@]1(C(N)=O)c1cnccn1. The fourth-order valence-electron chi connectivity index (χ4n) is 3.43. The van der Waals surface area contributed by atoms with Gasteiger partial charge in [0.25, 0.3) is 0 Å². The first-order chi connectivity index (χ1) is 11.7. The molecule has 24 heavy (non-hydrogen) atoms. The normalized spacial score (nSPS) is 20.9. The third-order valence-electron chi connectivity index (χ3n) is 4.53. The molecular formula is C18H22N4O2. The van der Waals surface area contributed by atoms with Gasteiger partial charge in [0.2, 0.25) is 5.91 Å². The zero-order valence-electron chi connectivity index (χ0n) is 13.8. The van der Waals surface area contributed by atoms with E-state index in [0.29, 0.717) is 25.3 Å². The predicted octanol–water partition coefficient (Wildman–Crippen LogP) is 1.85. The lowest BCUT2D eigenvalue weighted by molar-refractivity contribution is -0.129. The van der Waals surface area contributed by atoms with Crippen molar-refractivity contribution in [3.63, 3.8) is 0 Å². The Labute approximate surface area is 141 Å². The lowest BCUT2D eigenvalue weighted by Crippen LogP contribution is -2.51. The van der Waals surface area contributed by atoms with Gasteiger partial charge in [-0.2, -0.15) is 0 Å². The molecule has 1 aliphatic rings. The van der Waals surface area contributed by atoms with Crippen molar-refractivity contribution in [1.82, 2.24) is 14.9 Å². The van der Waals surface area contributed by atoms with Crippen LogP contribution >= 0.6 is 0 Å². The number of ether oxygens (including phenoxy) is 1. The van der Waals surface area contributed by atoms with Gasteiger partial charge < -0.3 is 10.5 Å². The van der Waals surface area contributed by atoms with E-state index < -0.39 is 5.54 Å². The van der Waals surface area contributed by atoms with Crippen molar-refractivity contribution in [2.24, 2.45) is 5.73 Å². The van der Waals surface area contributed by atoms with E-state index in [1.807, 2.05) is 31.2 Å². The summed E-state index contributed by atoms with van der Waals surface area (Å²) < 4.78 is 5.71. The van der Waals surface area contributed by atoms with Gasteiger partial charge >= 0.3 is 0 Å². The maximum Gasteiger partial charge on any atom is 0.244 e. The van der Waals surface area contributed by atoms with Gasteiger partial charge in [0.1, 0.15) is 11.3 Å². The van der Waals surface area contributed by atoms with Gasteiger partial charge in [-0.15, -0.1) is 0 Å². The summed E-state index contributed by atoms with van der Waals surface area (Å²) in [6.07, 6.45) is 6.37. The number of benzene rings is 1. The molecule has 6 nitrogen and oxygen atoms in total. The number of carbonyl (C=O) groups is 1. The number of para-hydroxylation sites is 1. The zero-order chi connectivity index (χ0) is 17.0. The second-order valence-corrected chi connectivity index (χ2v) is 5.88. The molecule has 2 aromatic rings. The van der Waals surface area contributed by atoms with E-state index in [2.05, 4.69) is 14.9 Å². The minimum absolute atomic E-state index is 0.380. The highest BCUT2D eigenvalue weighted by molar-refractivity contribution is 5.86. The van der Waals surface area contributed by atoms with Gasteiger partial charge in [-0.05, 0) is 32.4 Å². The molecule has 126 valence electrons.